The summed E-state index contributed by atoms with van der Waals surface area (Å²) < 4.78 is 11.0. The van der Waals surface area contributed by atoms with E-state index in [0.717, 1.165) is 23.0 Å². The third kappa shape index (κ3) is 4.61. The molecule has 0 saturated heterocycles. The van der Waals surface area contributed by atoms with E-state index in [1.165, 1.54) is 0 Å². The van der Waals surface area contributed by atoms with Gasteiger partial charge < -0.3 is 13.7 Å². The molecule has 0 bridgehead atoms. The Labute approximate surface area is 147 Å². The second kappa shape index (κ2) is 7.85. The zero-order valence-corrected chi connectivity index (χ0v) is 14.5. The molecular formula is C20H22N2O3. The lowest BCUT2D eigenvalue weighted by molar-refractivity contribution is -0.119. The minimum Gasteiger partial charge on any atom is -0.467 e. The van der Waals surface area contributed by atoms with Gasteiger partial charge in [-0.25, -0.2) is 0 Å². The number of benzene rings is 1. The van der Waals surface area contributed by atoms with Gasteiger partial charge in [-0.2, -0.15) is 0 Å². The van der Waals surface area contributed by atoms with Gasteiger partial charge in [0, 0.05) is 5.69 Å². The van der Waals surface area contributed by atoms with Crippen LogP contribution in [0.2, 0.25) is 0 Å². The van der Waals surface area contributed by atoms with Gasteiger partial charge in [0.25, 0.3) is 0 Å². The van der Waals surface area contributed by atoms with Crippen molar-refractivity contribution in [2.24, 2.45) is 0 Å². The number of carbonyl (C=O) groups is 1. The first-order valence-corrected chi connectivity index (χ1v) is 8.23. The first kappa shape index (κ1) is 17.0. The SMILES string of the molecule is Cc1ccc(CN(C)CC(=O)N(Cc2ccco2)c2ccccc2)o1. The number of aryl methyl sites for hydroxylation is 1. The maximum Gasteiger partial charge on any atom is 0.241 e. The molecule has 1 amide bonds. The van der Waals surface area contributed by atoms with Crippen LogP contribution in [0.3, 0.4) is 0 Å². The standard InChI is InChI=1S/C20H22N2O3/c1-16-10-11-19(25-16)13-21(2)15-20(23)22(14-18-9-6-12-24-18)17-7-4-3-5-8-17/h3-12H,13-15H2,1-2H3. The summed E-state index contributed by atoms with van der Waals surface area (Å²) >= 11 is 0. The number of hydrogen-bond acceptors (Lipinski definition) is 4. The summed E-state index contributed by atoms with van der Waals surface area (Å²) in [7, 11) is 1.91. The monoisotopic (exact) mass is 338 g/mol. The van der Waals surface area contributed by atoms with E-state index < -0.39 is 0 Å². The van der Waals surface area contributed by atoms with Gasteiger partial charge in [0.2, 0.25) is 5.91 Å². The van der Waals surface area contributed by atoms with Crippen LogP contribution in [0, 0.1) is 6.92 Å². The lowest BCUT2D eigenvalue weighted by atomic mass is 10.2. The van der Waals surface area contributed by atoms with Crippen molar-refractivity contribution in [2.45, 2.75) is 20.0 Å². The van der Waals surface area contributed by atoms with Crippen LogP contribution >= 0.6 is 0 Å². The normalized spacial score (nSPS) is 11.0. The van der Waals surface area contributed by atoms with Crippen molar-refractivity contribution in [3.05, 3.63) is 78.1 Å². The van der Waals surface area contributed by atoms with E-state index in [9.17, 15) is 4.79 Å². The minimum absolute atomic E-state index is 0.00776. The van der Waals surface area contributed by atoms with Crippen molar-refractivity contribution in [3.8, 4) is 0 Å². The third-order valence-corrected chi connectivity index (χ3v) is 3.89. The fourth-order valence-electron chi connectivity index (χ4n) is 2.70. The Kier molecular flexibility index (Phi) is 5.36. The van der Waals surface area contributed by atoms with Crippen molar-refractivity contribution in [3.63, 3.8) is 0 Å². The van der Waals surface area contributed by atoms with Gasteiger partial charge in [0.05, 0.1) is 25.9 Å². The zero-order chi connectivity index (χ0) is 17.6. The molecule has 0 atom stereocenters. The summed E-state index contributed by atoms with van der Waals surface area (Å²) in [5, 5.41) is 0. The second-order valence-corrected chi connectivity index (χ2v) is 6.08. The molecule has 2 aromatic heterocycles. The molecule has 3 aromatic rings. The second-order valence-electron chi connectivity index (χ2n) is 6.08. The predicted octanol–water partition coefficient (Wildman–Crippen LogP) is 3.85. The number of rotatable bonds is 7. The van der Waals surface area contributed by atoms with E-state index in [0.29, 0.717) is 13.1 Å². The molecule has 0 fully saturated rings. The number of furan rings is 2. The molecule has 5 nitrogen and oxygen atoms in total. The maximum absolute atomic E-state index is 12.9. The minimum atomic E-state index is 0.00776. The van der Waals surface area contributed by atoms with Gasteiger partial charge in [-0.3, -0.25) is 9.69 Å². The Bertz CT molecular complexity index is 793. The van der Waals surface area contributed by atoms with E-state index in [4.69, 9.17) is 8.83 Å². The molecule has 5 heteroatoms. The van der Waals surface area contributed by atoms with E-state index in [-0.39, 0.29) is 12.5 Å². The van der Waals surface area contributed by atoms with E-state index in [1.54, 1.807) is 11.2 Å². The molecule has 0 unspecified atom stereocenters. The maximum atomic E-state index is 12.9. The van der Waals surface area contributed by atoms with Gasteiger partial charge in [-0.05, 0) is 50.4 Å². The molecule has 2 heterocycles. The highest BCUT2D eigenvalue weighted by molar-refractivity contribution is 5.94. The van der Waals surface area contributed by atoms with Crippen molar-refractivity contribution in [1.29, 1.82) is 0 Å². The summed E-state index contributed by atoms with van der Waals surface area (Å²) in [6, 6.07) is 17.2. The van der Waals surface area contributed by atoms with Crippen LogP contribution in [0.4, 0.5) is 5.69 Å². The number of amides is 1. The number of anilines is 1. The first-order chi connectivity index (χ1) is 12.1. The largest absolute Gasteiger partial charge is 0.467 e. The molecule has 3 rings (SSSR count). The average molecular weight is 338 g/mol. The van der Waals surface area contributed by atoms with E-state index in [1.807, 2.05) is 73.5 Å². The van der Waals surface area contributed by atoms with Crippen molar-refractivity contribution in [2.75, 3.05) is 18.5 Å². The number of para-hydroxylation sites is 1. The predicted molar refractivity (Wildman–Crippen MR) is 96.1 cm³/mol. The highest BCUT2D eigenvalue weighted by Crippen LogP contribution is 2.18. The highest BCUT2D eigenvalue weighted by atomic mass is 16.3. The van der Waals surface area contributed by atoms with Gasteiger partial charge in [0.1, 0.15) is 17.3 Å². The van der Waals surface area contributed by atoms with Crippen LogP contribution in [-0.4, -0.2) is 24.4 Å². The van der Waals surface area contributed by atoms with Crippen molar-refractivity contribution in [1.82, 2.24) is 4.90 Å². The molecule has 25 heavy (non-hydrogen) atoms. The molecule has 130 valence electrons. The van der Waals surface area contributed by atoms with Crippen LogP contribution < -0.4 is 4.90 Å². The molecule has 0 spiro atoms. The quantitative estimate of drug-likeness (QED) is 0.657. The van der Waals surface area contributed by atoms with Crippen LogP contribution in [0.1, 0.15) is 17.3 Å². The van der Waals surface area contributed by atoms with Gasteiger partial charge in [-0.15, -0.1) is 0 Å². The molecule has 0 N–H and O–H groups in total. The van der Waals surface area contributed by atoms with Crippen molar-refractivity contribution >= 4 is 11.6 Å². The Balaban J connectivity index is 1.70. The fraction of sp³-hybridized carbons (Fsp3) is 0.250. The van der Waals surface area contributed by atoms with E-state index in [2.05, 4.69) is 0 Å². The molecule has 0 saturated carbocycles. The number of nitrogens with zero attached hydrogens (tertiary/aromatic N) is 2. The smallest absolute Gasteiger partial charge is 0.241 e. The lowest BCUT2D eigenvalue weighted by Gasteiger charge is -2.24. The molecule has 0 aliphatic rings. The molecule has 1 aromatic carbocycles. The summed E-state index contributed by atoms with van der Waals surface area (Å²) in [4.78, 5) is 16.6. The number of likely N-dealkylation sites (N-methyl/N-ethyl adjacent to an activating group) is 1. The average Bonchev–Trinajstić information content (AvgIpc) is 3.25. The van der Waals surface area contributed by atoms with Gasteiger partial charge in [0.15, 0.2) is 0 Å². The van der Waals surface area contributed by atoms with Crippen LogP contribution in [0.15, 0.2) is 69.7 Å². The summed E-state index contributed by atoms with van der Waals surface area (Å²) in [5.74, 6) is 2.48. The van der Waals surface area contributed by atoms with Crippen LogP contribution in [0.25, 0.3) is 0 Å². The Morgan fingerprint density at radius 3 is 2.40 bits per heavy atom. The van der Waals surface area contributed by atoms with E-state index >= 15 is 0 Å². The first-order valence-electron chi connectivity index (χ1n) is 8.23. The highest BCUT2D eigenvalue weighted by Gasteiger charge is 2.19. The molecule has 0 aliphatic heterocycles. The molecule has 0 aliphatic carbocycles. The molecular weight excluding hydrogens is 316 g/mol. The summed E-state index contributed by atoms with van der Waals surface area (Å²) in [6.07, 6.45) is 1.62. The Morgan fingerprint density at radius 2 is 1.76 bits per heavy atom. The lowest BCUT2D eigenvalue weighted by Crippen LogP contribution is -2.38. The van der Waals surface area contributed by atoms with Crippen LogP contribution in [-0.2, 0) is 17.9 Å². The summed E-state index contributed by atoms with van der Waals surface area (Å²) in [5.41, 5.74) is 0.853. The van der Waals surface area contributed by atoms with Crippen molar-refractivity contribution < 1.29 is 13.6 Å². The topological polar surface area (TPSA) is 49.8 Å². The number of carbonyl (C=O) groups excluding carboxylic acids is 1. The molecule has 0 radical (unpaired) electrons. The van der Waals surface area contributed by atoms with Gasteiger partial charge in [-0.1, -0.05) is 18.2 Å². The zero-order valence-electron chi connectivity index (χ0n) is 14.5. The van der Waals surface area contributed by atoms with Crippen LogP contribution in [0.5, 0.6) is 0 Å². The summed E-state index contributed by atoms with van der Waals surface area (Å²) in [6.45, 7) is 3.19. The Hall–Kier alpha value is -2.79. The Morgan fingerprint density at radius 1 is 0.960 bits per heavy atom. The van der Waals surface area contributed by atoms with Gasteiger partial charge >= 0.3 is 0 Å². The fourth-order valence-corrected chi connectivity index (χ4v) is 2.70. The number of hydrogen-bond donors (Lipinski definition) is 0. The third-order valence-electron chi connectivity index (χ3n) is 3.89.